The number of ether oxygens (including phenoxy) is 1. The maximum atomic E-state index is 12.7. The molecular formula is C23H38O5S. The van der Waals surface area contributed by atoms with Crippen LogP contribution in [0.15, 0.2) is 29.2 Å². The van der Waals surface area contributed by atoms with E-state index in [0.717, 1.165) is 18.4 Å². The van der Waals surface area contributed by atoms with E-state index in [1.54, 1.807) is 6.07 Å². The van der Waals surface area contributed by atoms with E-state index in [-0.39, 0.29) is 4.90 Å². The lowest BCUT2D eigenvalue weighted by Crippen LogP contribution is -2.38. The van der Waals surface area contributed by atoms with Crippen molar-refractivity contribution in [2.24, 2.45) is 0 Å². The number of methoxy groups -OCH3 is 1. The number of carbonyl (C=O) groups excluding carboxylic acids is 1. The number of carbonyl (C=O) groups is 1. The summed E-state index contributed by atoms with van der Waals surface area (Å²) in [7, 11) is -2.86. The molecule has 0 spiro atoms. The lowest BCUT2D eigenvalue weighted by Gasteiger charge is -2.22. The quantitative estimate of drug-likeness (QED) is 0.201. The fourth-order valence-electron chi connectivity index (χ4n) is 3.36. The molecule has 0 amide bonds. The Balaban J connectivity index is 2.52. The molecule has 5 nitrogen and oxygen atoms in total. The summed E-state index contributed by atoms with van der Waals surface area (Å²) in [5.41, 5.74) is -0.842. The largest absolute Gasteiger partial charge is 0.467 e. The van der Waals surface area contributed by atoms with E-state index in [1.165, 1.54) is 78.4 Å². The summed E-state index contributed by atoms with van der Waals surface area (Å²) in [6, 6.07) is 6.85. The second-order valence-corrected chi connectivity index (χ2v) is 9.59. The first-order valence-corrected chi connectivity index (χ1v) is 12.3. The highest BCUT2D eigenvalue weighted by atomic mass is 32.2. The van der Waals surface area contributed by atoms with E-state index < -0.39 is 21.7 Å². The van der Waals surface area contributed by atoms with E-state index >= 15 is 0 Å². The molecule has 0 bridgehead atoms. The number of hydrogen-bond donors (Lipinski definition) is 0. The van der Waals surface area contributed by atoms with E-state index in [1.807, 2.05) is 12.1 Å². The summed E-state index contributed by atoms with van der Waals surface area (Å²) in [6.07, 6.45) is 13.0. The number of benzene rings is 1. The van der Waals surface area contributed by atoms with Crippen LogP contribution in [-0.2, 0) is 30.3 Å². The molecule has 0 unspecified atom stereocenters. The molecule has 0 heterocycles. The molecule has 0 atom stereocenters. The summed E-state index contributed by atoms with van der Waals surface area (Å²) >= 11 is 0. The van der Waals surface area contributed by atoms with E-state index in [4.69, 9.17) is 4.18 Å². The number of unbranched alkanes of at least 4 members (excludes halogenated alkanes) is 9. The van der Waals surface area contributed by atoms with Gasteiger partial charge in [-0.3, -0.25) is 0 Å². The van der Waals surface area contributed by atoms with Crippen molar-refractivity contribution in [1.82, 2.24) is 0 Å². The first kappa shape index (κ1) is 25.6. The molecule has 0 aromatic heterocycles. The molecule has 0 saturated heterocycles. The molecule has 166 valence electrons. The number of rotatable bonds is 15. The molecule has 0 radical (unpaired) electrons. The van der Waals surface area contributed by atoms with Gasteiger partial charge in [-0.2, -0.15) is 8.42 Å². The van der Waals surface area contributed by atoms with Gasteiger partial charge >= 0.3 is 5.97 Å². The van der Waals surface area contributed by atoms with E-state index in [0.29, 0.717) is 6.42 Å². The maximum Gasteiger partial charge on any atom is 0.339 e. The van der Waals surface area contributed by atoms with Gasteiger partial charge in [0.25, 0.3) is 10.1 Å². The molecular weight excluding hydrogens is 388 g/mol. The standard InChI is InChI=1S/C23H38O5S/c1-5-6-7-8-9-10-11-12-13-14-17-20-18-15-16-19-21(20)29(25,26)28-23(2,3)22(24)27-4/h15-16,18-19H,5-14,17H2,1-4H3. The van der Waals surface area contributed by atoms with Crippen LogP contribution < -0.4 is 0 Å². The van der Waals surface area contributed by atoms with E-state index in [9.17, 15) is 13.2 Å². The van der Waals surface area contributed by atoms with Crippen molar-refractivity contribution in [2.75, 3.05) is 7.11 Å². The Labute approximate surface area is 177 Å². The summed E-state index contributed by atoms with van der Waals surface area (Å²) in [5, 5.41) is 0. The Bertz CT molecular complexity index is 710. The predicted molar refractivity (Wildman–Crippen MR) is 116 cm³/mol. The van der Waals surface area contributed by atoms with Crippen LogP contribution >= 0.6 is 0 Å². The maximum absolute atomic E-state index is 12.7. The molecule has 1 rings (SSSR count). The average Bonchev–Trinajstić information content (AvgIpc) is 2.68. The molecule has 6 heteroatoms. The van der Waals surface area contributed by atoms with Gasteiger partial charge < -0.3 is 4.74 Å². The van der Waals surface area contributed by atoms with Gasteiger partial charge in [-0.15, -0.1) is 0 Å². The van der Waals surface area contributed by atoms with Gasteiger partial charge in [-0.05, 0) is 38.3 Å². The fraction of sp³-hybridized carbons (Fsp3) is 0.696. The Hall–Kier alpha value is -1.40. The molecule has 0 N–H and O–H groups in total. The highest BCUT2D eigenvalue weighted by Crippen LogP contribution is 2.25. The zero-order chi connectivity index (χ0) is 21.8. The van der Waals surface area contributed by atoms with Crippen molar-refractivity contribution in [3.05, 3.63) is 29.8 Å². The Morgan fingerprint density at radius 1 is 0.897 bits per heavy atom. The number of hydrogen-bond acceptors (Lipinski definition) is 5. The second kappa shape index (κ2) is 13.0. The van der Waals surface area contributed by atoms with Crippen molar-refractivity contribution >= 4 is 16.1 Å². The monoisotopic (exact) mass is 426 g/mol. The lowest BCUT2D eigenvalue weighted by molar-refractivity contribution is -0.155. The zero-order valence-electron chi connectivity index (χ0n) is 18.5. The van der Waals surface area contributed by atoms with Crippen molar-refractivity contribution in [2.45, 2.75) is 102 Å². The summed E-state index contributed by atoms with van der Waals surface area (Å²) < 4.78 is 35.3. The highest BCUT2D eigenvalue weighted by molar-refractivity contribution is 7.86. The molecule has 1 aromatic carbocycles. The molecule has 0 fully saturated rings. The predicted octanol–water partition coefficient (Wildman–Crippen LogP) is 5.81. The van der Waals surface area contributed by atoms with Crippen LogP contribution in [0, 0.1) is 0 Å². The molecule has 0 aliphatic carbocycles. The molecule has 0 aliphatic heterocycles. The third-order valence-corrected chi connectivity index (χ3v) is 6.61. The van der Waals surface area contributed by atoms with Crippen molar-refractivity contribution in [1.29, 1.82) is 0 Å². The first-order valence-electron chi connectivity index (χ1n) is 10.9. The van der Waals surface area contributed by atoms with Gasteiger partial charge in [0.15, 0.2) is 5.60 Å². The normalized spacial score (nSPS) is 12.1. The molecule has 0 aliphatic rings. The minimum atomic E-state index is -4.07. The van der Waals surface area contributed by atoms with Crippen LogP contribution in [0.25, 0.3) is 0 Å². The lowest BCUT2D eigenvalue weighted by atomic mass is 10.0. The fourth-order valence-corrected chi connectivity index (χ4v) is 4.80. The Kier molecular flexibility index (Phi) is 11.5. The Morgan fingerprint density at radius 2 is 1.41 bits per heavy atom. The van der Waals surface area contributed by atoms with Gasteiger partial charge in [0, 0.05) is 0 Å². The third-order valence-electron chi connectivity index (χ3n) is 5.04. The van der Waals surface area contributed by atoms with Crippen LogP contribution in [0.2, 0.25) is 0 Å². The van der Waals surface area contributed by atoms with Crippen molar-refractivity contribution in [3.63, 3.8) is 0 Å². The third kappa shape index (κ3) is 9.30. The van der Waals surface area contributed by atoms with Crippen LogP contribution in [0.4, 0.5) is 0 Å². The molecule has 29 heavy (non-hydrogen) atoms. The second-order valence-electron chi connectivity index (χ2n) is 8.08. The molecule has 0 saturated carbocycles. The van der Waals surface area contributed by atoms with E-state index in [2.05, 4.69) is 11.7 Å². The molecule has 1 aromatic rings. The van der Waals surface area contributed by atoms with Gasteiger partial charge in [0.1, 0.15) is 0 Å². The van der Waals surface area contributed by atoms with Gasteiger partial charge in [-0.25, -0.2) is 8.98 Å². The SMILES string of the molecule is CCCCCCCCCCCCc1ccccc1S(=O)(=O)OC(C)(C)C(=O)OC. The summed E-state index contributed by atoms with van der Waals surface area (Å²) in [6.45, 7) is 5.01. The summed E-state index contributed by atoms with van der Waals surface area (Å²) in [5.74, 6) is -0.728. The van der Waals surface area contributed by atoms with Crippen molar-refractivity contribution < 1.29 is 22.1 Å². The summed E-state index contributed by atoms with van der Waals surface area (Å²) in [4.78, 5) is 11.9. The van der Waals surface area contributed by atoms with Crippen LogP contribution in [0.1, 0.15) is 90.5 Å². The highest BCUT2D eigenvalue weighted by Gasteiger charge is 2.37. The van der Waals surface area contributed by atoms with Crippen LogP contribution in [-0.4, -0.2) is 27.1 Å². The first-order chi connectivity index (χ1) is 13.7. The zero-order valence-corrected chi connectivity index (χ0v) is 19.4. The number of aryl methyl sites for hydroxylation is 1. The minimum Gasteiger partial charge on any atom is -0.467 e. The van der Waals surface area contributed by atoms with Gasteiger partial charge in [-0.1, -0.05) is 82.9 Å². The smallest absolute Gasteiger partial charge is 0.339 e. The van der Waals surface area contributed by atoms with Gasteiger partial charge in [0.2, 0.25) is 0 Å². The van der Waals surface area contributed by atoms with Crippen LogP contribution in [0.5, 0.6) is 0 Å². The number of esters is 1. The average molecular weight is 427 g/mol. The Morgan fingerprint density at radius 3 is 1.97 bits per heavy atom. The van der Waals surface area contributed by atoms with Crippen LogP contribution in [0.3, 0.4) is 0 Å². The van der Waals surface area contributed by atoms with Gasteiger partial charge in [0.05, 0.1) is 12.0 Å². The van der Waals surface area contributed by atoms with Crippen molar-refractivity contribution in [3.8, 4) is 0 Å². The topological polar surface area (TPSA) is 69.7 Å². The minimum absolute atomic E-state index is 0.132.